The van der Waals surface area contributed by atoms with E-state index in [0.29, 0.717) is 18.1 Å². The Morgan fingerprint density at radius 3 is 2.62 bits per heavy atom. The van der Waals surface area contributed by atoms with E-state index in [1.165, 1.54) is 23.5 Å². The number of carbonyl (C=O) groups excluding carboxylic acids is 1. The Morgan fingerprint density at radius 1 is 1.09 bits per heavy atom. The maximum Gasteiger partial charge on any atom is 0.229 e. The maximum absolute atomic E-state index is 13.2. The Kier molecular flexibility index (Phi) is 7.39. The van der Waals surface area contributed by atoms with Crippen LogP contribution in [-0.4, -0.2) is 23.8 Å². The molecule has 0 aliphatic heterocycles. The van der Waals surface area contributed by atoms with Crippen molar-refractivity contribution in [1.29, 1.82) is 0 Å². The summed E-state index contributed by atoms with van der Waals surface area (Å²) in [6.45, 7) is 0.474. The van der Waals surface area contributed by atoms with Crippen molar-refractivity contribution in [2.45, 2.75) is 24.3 Å². The average molecular weight is 467 g/mol. The SMILES string of the molecule is COc1ccc2sc(N(Cc3ccccc3)C(=O)CCCSc3ccc(F)cc3)nc2c1. The first-order valence-corrected chi connectivity index (χ1v) is 12.1. The van der Waals surface area contributed by atoms with Gasteiger partial charge < -0.3 is 4.74 Å². The lowest BCUT2D eigenvalue weighted by Crippen LogP contribution is -2.30. The molecule has 0 atom stereocenters. The number of aromatic nitrogens is 1. The smallest absolute Gasteiger partial charge is 0.229 e. The van der Waals surface area contributed by atoms with Gasteiger partial charge in [0.15, 0.2) is 5.13 Å². The van der Waals surface area contributed by atoms with Crippen molar-refractivity contribution < 1.29 is 13.9 Å². The molecule has 0 saturated heterocycles. The fourth-order valence-corrected chi connectivity index (χ4v) is 5.06. The molecule has 4 rings (SSSR count). The number of amides is 1. The molecule has 0 bridgehead atoms. The molecule has 0 spiro atoms. The second-order valence-corrected chi connectivity index (χ2v) is 9.38. The van der Waals surface area contributed by atoms with Gasteiger partial charge in [-0.25, -0.2) is 9.37 Å². The van der Waals surface area contributed by atoms with Gasteiger partial charge in [0.25, 0.3) is 0 Å². The quantitative estimate of drug-likeness (QED) is 0.207. The van der Waals surface area contributed by atoms with E-state index in [-0.39, 0.29) is 11.7 Å². The zero-order chi connectivity index (χ0) is 22.3. The van der Waals surface area contributed by atoms with Crippen LogP contribution in [0.1, 0.15) is 18.4 Å². The summed E-state index contributed by atoms with van der Waals surface area (Å²) in [7, 11) is 1.63. The second kappa shape index (κ2) is 10.6. The number of thiazole rings is 1. The van der Waals surface area contributed by atoms with Crippen molar-refractivity contribution in [3.8, 4) is 5.75 Å². The topological polar surface area (TPSA) is 42.4 Å². The third-order valence-electron chi connectivity index (χ3n) is 4.92. The van der Waals surface area contributed by atoms with Crippen molar-refractivity contribution in [3.63, 3.8) is 0 Å². The molecule has 0 saturated carbocycles. The summed E-state index contributed by atoms with van der Waals surface area (Å²) >= 11 is 3.13. The van der Waals surface area contributed by atoms with Gasteiger partial charge in [0.2, 0.25) is 5.91 Å². The Morgan fingerprint density at radius 2 is 1.88 bits per heavy atom. The number of halogens is 1. The molecule has 1 aromatic heterocycles. The standard InChI is InChI=1S/C25H23FN2O2S2/c1-30-20-11-14-23-22(16-20)27-25(32-23)28(17-18-6-3-2-4-7-18)24(29)8-5-15-31-21-12-9-19(26)10-13-21/h2-4,6-7,9-14,16H,5,8,15,17H2,1H3. The lowest BCUT2D eigenvalue weighted by molar-refractivity contribution is -0.118. The van der Waals surface area contributed by atoms with Gasteiger partial charge in [0, 0.05) is 17.4 Å². The van der Waals surface area contributed by atoms with E-state index < -0.39 is 0 Å². The van der Waals surface area contributed by atoms with Gasteiger partial charge in [-0.2, -0.15) is 0 Å². The number of hydrogen-bond acceptors (Lipinski definition) is 5. The van der Waals surface area contributed by atoms with Gasteiger partial charge in [-0.1, -0.05) is 41.7 Å². The first kappa shape index (κ1) is 22.3. The number of fused-ring (bicyclic) bond motifs is 1. The number of anilines is 1. The summed E-state index contributed by atoms with van der Waals surface area (Å²) in [5.41, 5.74) is 1.88. The van der Waals surface area contributed by atoms with Crippen LogP contribution < -0.4 is 9.64 Å². The molecule has 4 nitrogen and oxygen atoms in total. The molecule has 1 amide bonds. The van der Waals surface area contributed by atoms with E-state index in [0.717, 1.165) is 38.6 Å². The van der Waals surface area contributed by atoms with Crippen molar-refractivity contribution in [2.75, 3.05) is 17.8 Å². The molecular formula is C25H23FN2O2S2. The monoisotopic (exact) mass is 466 g/mol. The van der Waals surface area contributed by atoms with Crippen molar-refractivity contribution in [3.05, 3.63) is 84.2 Å². The molecular weight excluding hydrogens is 443 g/mol. The molecule has 0 aliphatic carbocycles. The predicted molar refractivity (Wildman–Crippen MR) is 130 cm³/mol. The summed E-state index contributed by atoms with van der Waals surface area (Å²) in [6, 6.07) is 22.1. The third kappa shape index (κ3) is 5.66. The molecule has 164 valence electrons. The van der Waals surface area contributed by atoms with E-state index >= 15 is 0 Å². The van der Waals surface area contributed by atoms with Gasteiger partial charge in [-0.3, -0.25) is 9.69 Å². The van der Waals surface area contributed by atoms with E-state index in [4.69, 9.17) is 9.72 Å². The van der Waals surface area contributed by atoms with Crippen molar-refractivity contribution in [1.82, 2.24) is 4.98 Å². The van der Waals surface area contributed by atoms with Crippen LogP contribution >= 0.6 is 23.1 Å². The summed E-state index contributed by atoms with van der Waals surface area (Å²) in [4.78, 5) is 20.7. The Balaban J connectivity index is 1.47. The van der Waals surface area contributed by atoms with Crippen LogP contribution in [0.4, 0.5) is 9.52 Å². The minimum atomic E-state index is -0.241. The Hall–Kier alpha value is -2.90. The third-order valence-corrected chi connectivity index (χ3v) is 7.07. The first-order chi connectivity index (χ1) is 15.6. The number of thioether (sulfide) groups is 1. The highest BCUT2D eigenvalue weighted by molar-refractivity contribution is 7.99. The highest BCUT2D eigenvalue weighted by Crippen LogP contribution is 2.32. The predicted octanol–water partition coefficient (Wildman–Crippen LogP) is 6.55. The molecule has 3 aromatic carbocycles. The number of methoxy groups -OCH3 is 1. The zero-order valence-electron chi connectivity index (χ0n) is 17.7. The maximum atomic E-state index is 13.2. The number of ether oxygens (including phenoxy) is 1. The van der Waals surface area contributed by atoms with Crippen molar-refractivity contribution >= 4 is 44.4 Å². The molecule has 7 heteroatoms. The summed E-state index contributed by atoms with van der Waals surface area (Å²) < 4.78 is 19.4. The van der Waals surface area contributed by atoms with Crippen LogP contribution in [0.2, 0.25) is 0 Å². The number of benzene rings is 3. The summed E-state index contributed by atoms with van der Waals surface area (Å²) in [5, 5.41) is 0.688. The zero-order valence-corrected chi connectivity index (χ0v) is 19.3. The fourth-order valence-electron chi connectivity index (χ4n) is 3.25. The molecule has 0 fully saturated rings. The molecule has 0 unspecified atom stereocenters. The van der Waals surface area contributed by atoms with Gasteiger partial charge >= 0.3 is 0 Å². The molecule has 0 aliphatic rings. The highest BCUT2D eigenvalue weighted by atomic mass is 32.2. The first-order valence-electron chi connectivity index (χ1n) is 10.3. The lowest BCUT2D eigenvalue weighted by atomic mass is 10.2. The molecule has 0 radical (unpaired) electrons. The van der Waals surface area contributed by atoms with E-state index in [9.17, 15) is 9.18 Å². The lowest BCUT2D eigenvalue weighted by Gasteiger charge is -2.20. The van der Waals surface area contributed by atoms with Crippen LogP contribution in [0.5, 0.6) is 5.75 Å². The number of rotatable bonds is 9. The average Bonchev–Trinajstić information content (AvgIpc) is 3.25. The second-order valence-electron chi connectivity index (χ2n) is 7.20. The fraction of sp³-hybridized carbons (Fsp3) is 0.200. The van der Waals surface area contributed by atoms with E-state index in [1.54, 1.807) is 35.9 Å². The molecule has 1 heterocycles. The number of carbonyl (C=O) groups is 1. The minimum absolute atomic E-state index is 0.0413. The highest BCUT2D eigenvalue weighted by Gasteiger charge is 2.20. The van der Waals surface area contributed by atoms with E-state index in [2.05, 4.69) is 0 Å². The Labute approximate surface area is 195 Å². The molecule has 4 aromatic rings. The summed E-state index contributed by atoms with van der Waals surface area (Å²) in [6.07, 6.45) is 1.14. The van der Waals surface area contributed by atoms with Gasteiger partial charge in [-0.05, 0) is 54.1 Å². The summed E-state index contributed by atoms with van der Waals surface area (Å²) in [5.74, 6) is 1.33. The number of hydrogen-bond donors (Lipinski definition) is 0. The van der Waals surface area contributed by atoms with Crippen LogP contribution in [-0.2, 0) is 11.3 Å². The number of nitrogens with zero attached hydrogens (tertiary/aromatic N) is 2. The van der Waals surface area contributed by atoms with E-state index in [1.807, 2.05) is 48.5 Å². The minimum Gasteiger partial charge on any atom is -0.497 e. The van der Waals surface area contributed by atoms with Gasteiger partial charge in [0.1, 0.15) is 11.6 Å². The molecule has 0 N–H and O–H groups in total. The normalized spacial score (nSPS) is 10.9. The Bertz CT molecular complexity index is 1180. The molecule has 32 heavy (non-hydrogen) atoms. The van der Waals surface area contributed by atoms with Crippen LogP contribution in [0.25, 0.3) is 10.2 Å². The van der Waals surface area contributed by atoms with Gasteiger partial charge in [-0.15, -0.1) is 11.8 Å². The van der Waals surface area contributed by atoms with Crippen molar-refractivity contribution in [2.24, 2.45) is 0 Å². The van der Waals surface area contributed by atoms with Crippen LogP contribution in [0.3, 0.4) is 0 Å². The largest absolute Gasteiger partial charge is 0.497 e. The van der Waals surface area contributed by atoms with Gasteiger partial charge in [0.05, 0.1) is 23.9 Å². The van der Waals surface area contributed by atoms with Crippen LogP contribution in [0.15, 0.2) is 77.7 Å². The van der Waals surface area contributed by atoms with Crippen LogP contribution in [0, 0.1) is 5.82 Å².